The first-order valence-electron chi connectivity index (χ1n) is 9.39. The molecule has 0 saturated carbocycles. The highest BCUT2D eigenvalue weighted by molar-refractivity contribution is 7.18. The van der Waals surface area contributed by atoms with E-state index < -0.39 is 0 Å². The summed E-state index contributed by atoms with van der Waals surface area (Å²) in [6.45, 7) is 4.27. The molecule has 1 aliphatic rings. The third kappa shape index (κ3) is 4.11. The number of aromatic nitrogens is 2. The van der Waals surface area contributed by atoms with Gasteiger partial charge in [-0.25, -0.2) is 4.98 Å². The van der Waals surface area contributed by atoms with Gasteiger partial charge in [0.25, 0.3) is 5.56 Å². The van der Waals surface area contributed by atoms with E-state index in [1.807, 2.05) is 6.92 Å². The number of unbranched alkanes of at least 4 members (excludes halogenated alkanes) is 3. The Morgan fingerprint density at radius 1 is 1.36 bits per heavy atom. The first-order chi connectivity index (χ1) is 12.1. The third-order valence-electron chi connectivity index (χ3n) is 4.90. The molecule has 0 radical (unpaired) electrons. The molecule has 1 aliphatic carbocycles. The van der Waals surface area contributed by atoms with Crippen molar-refractivity contribution in [2.75, 3.05) is 0 Å². The number of hydrogen-bond donors (Lipinski definition) is 1. The highest BCUT2D eigenvalue weighted by Gasteiger charge is 2.21. The van der Waals surface area contributed by atoms with E-state index in [9.17, 15) is 9.59 Å². The van der Waals surface area contributed by atoms with Crippen molar-refractivity contribution >= 4 is 27.5 Å². The summed E-state index contributed by atoms with van der Waals surface area (Å²) in [5.41, 5.74) is 1.09. The van der Waals surface area contributed by atoms with Crippen LogP contribution in [-0.2, 0) is 24.2 Å². The molecule has 0 aromatic carbocycles. The maximum absolute atomic E-state index is 12.8. The van der Waals surface area contributed by atoms with Gasteiger partial charge in [-0.05, 0) is 38.2 Å². The molecule has 1 N–H and O–H groups in total. The lowest BCUT2D eigenvalue weighted by Gasteiger charge is -2.14. The summed E-state index contributed by atoms with van der Waals surface area (Å²) < 4.78 is 1.45. The van der Waals surface area contributed by atoms with E-state index >= 15 is 0 Å². The zero-order valence-corrected chi connectivity index (χ0v) is 16.0. The molecule has 6 heteroatoms. The number of aryl methyl sites for hydroxylation is 2. The molecule has 1 atom stereocenters. The molecule has 2 heterocycles. The van der Waals surface area contributed by atoms with Crippen molar-refractivity contribution < 1.29 is 4.79 Å². The van der Waals surface area contributed by atoms with Crippen LogP contribution < -0.4 is 10.9 Å². The zero-order chi connectivity index (χ0) is 17.8. The number of rotatable bonds is 8. The molecule has 0 unspecified atom stereocenters. The smallest absolute Gasteiger partial charge is 0.262 e. The van der Waals surface area contributed by atoms with Gasteiger partial charge in [-0.15, -0.1) is 11.3 Å². The van der Waals surface area contributed by atoms with Crippen LogP contribution in [0.3, 0.4) is 0 Å². The number of fused-ring (bicyclic) bond motifs is 3. The van der Waals surface area contributed by atoms with Crippen molar-refractivity contribution in [2.45, 2.75) is 77.8 Å². The first-order valence-corrected chi connectivity index (χ1v) is 10.2. The Bertz CT molecular complexity index is 809. The second-order valence-electron chi connectivity index (χ2n) is 7.03. The van der Waals surface area contributed by atoms with Crippen LogP contribution in [0.2, 0.25) is 0 Å². The minimum Gasteiger partial charge on any atom is -0.352 e. The number of hydrogen-bond acceptors (Lipinski definition) is 4. The minimum absolute atomic E-state index is 0.0473. The fraction of sp³-hybridized carbons (Fsp3) is 0.632. The Kier molecular flexibility index (Phi) is 5.89. The van der Waals surface area contributed by atoms with E-state index in [1.54, 1.807) is 11.3 Å². The number of thiophene rings is 1. The van der Waals surface area contributed by atoms with E-state index in [0.717, 1.165) is 47.9 Å². The molecule has 5 nitrogen and oxygen atoms in total. The van der Waals surface area contributed by atoms with Gasteiger partial charge in [-0.1, -0.05) is 32.6 Å². The predicted molar refractivity (Wildman–Crippen MR) is 102 cm³/mol. The van der Waals surface area contributed by atoms with Gasteiger partial charge in [0.1, 0.15) is 11.4 Å². The normalized spacial score (nSPS) is 14.6. The molecule has 0 spiro atoms. The van der Waals surface area contributed by atoms with Crippen LogP contribution in [0, 0.1) is 0 Å². The van der Waals surface area contributed by atoms with Crippen molar-refractivity contribution in [2.24, 2.45) is 0 Å². The summed E-state index contributed by atoms with van der Waals surface area (Å²) in [5, 5.41) is 3.74. The zero-order valence-electron chi connectivity index (χ0n) is 15.1. The number of carbonyl (C=O) groups is 1. The molecule has 0 fully saturated rings. The fourth-order valence-electron chi connectivity index (χ4n) is 3.56. The number of nitrogens with zero attached hydrogens (tertiary/aromatic N) is 2. The lowest BCUT2D eigenvalue weighted by Crippen LogP contribution is -2.37. The van der Waals surface area contributed by atoms with Crippen molar-refractivity contribution in [3.8, 4) is 0 Å². The Labute approximate surface area is 152 Å². The molecule has 136 valence electrons. The predicted octanol–water partition coefficient (Wildman–Crippen LogP) is 3.42. The second-order valence-corrected chi connectivity index (χ2v) is 8.12. The SMILES string of the molecule is CCCCCC[C@@H](C)NC(=O)Cn1cnc2sc3c(c2c1=O)CCC3. The van der Waals surface area contributed by atoms with Crippen molar-refractivity contribution in [3.05, 3.63) is 27.1 Å². The van der Waals surface area contributed by atoms with E-state index in [1.165, 1.54) is 35.0 Å². The van der Waals surface area contributed by atoms with Crippen LogP contribution >= 0.6 is 11.3 Å². The number of nitrogens with one attached hydrogen (secondary N) is 1. The highest BCUT2D eigenvalue weighted by Crippen LogP contribution is 2.34. The van der Waals surface area contributed by atoms with Crippen molar-refractivity contribution in [3.63, 3.8) is 0 Å². The maximum Gasteiger partial charge on any atom is 0.262 e. The molecule has 2 aromatic heterocycles. The largest absolute Gasteiger partial charge is 0.352 e. The van der Waals surface area contributed by atoms with Gasteiger partial charge in [0.05, 0.1) is 11.7 Å². The first kappa shape index (κ1) is 18.1. The van der Waals surface area contributed by atoms with Gasteiger partial charge in [-0.3, -0.25) is 14.2 Å². The summed E-state index contributed by atoms with van der Waals surface area (Å²) in [6.07, 6.45) is 10.4. The molecule has 0 aliphatic heterocycles. The van der Waals surface area contributed by atoms with Crippen LogP contribution in [0.15, 0.2) is 11.1 Å². The molecular formula is C19H27N3O2S. The Morgan fingerprint density at radius 3 is 3.00 bits per heavy atom. The van der Waals surface area contributed by atoms with Gasteiger partial charge >= 0.3 is 0 Å². The molecule has 1 amide bonds. The summed E-state index contributed by atoms with van der Waals surface area (Å²) in [5.74, 6) is -0.113. The number of amides is 1. The van der Waals surface area contributed by atoms with Crippen LogP contribution in [0.25, 0.3) is 10.2 Å². The van der Waals surface area contributed by atoms with Gasteiger partial charge in [-0.2, -0.15) is 0 Å². The van der Waals surface area contributed by atoms with Gasteiger partial charge in [0, 0.05) is 10.9 Å². The quantitative estimate of drug-likeness (QED) is 0.733. The summed E-state index contributed by atoms with van der Waals surface area (Å²) in [7, 11) is 0. The van der Waals surface area contributed by atoms with Crippen molar-refractivity contribution in [1.82, 2.24) is 14.9 Å². The minimum atomic E-state index is -0.113. The third-order valence-corrected chi connectivity index (χ3v) is 6.10. The van der Waals surface area contributed by atoms with Crippen LogP contribution in [-0.4, -0.2) is 21.5 Å². The topological polar surface area (TPSA) is 64.0 Å². The fourth-order valence-corrected chi connectivity index (χ4v) is 4.78. The van der Waals surface area contributed by atoms with Gasteiger partial charge in [0.2, 0.25) is 5.91 Å². The summed E-state index contributed by atoms with van der Waals surface area (Å²) >= 11 is 1.63. The average molecular weight is 362 g/mol. The molecule has 0 bridgehead atoms. The summed E-state index contributed by atoms with van der Waals surface area (Å²) in [4.78, 5) is 31.6. The molecule has 2 aromatic rings. The van der Waals surface area contributed by atoms with Crippen LogP contribution in [0.1, 0.15) is 62.8 Å². The standard InChI is InChI=1S/C19H27N3O2S/c1-3-4-5-6-8-13(2)21-16(23)11-22-12-20-18-17(19(22)24)14-9-7-10-15(14)25-18/h12-13H,3-11H2,1-2H3,(H,21,23)/t13-/m1/s1. The van der Waals surface area contributed by atoms with Crippen LogP contribution in [0.4, 0.5) is 0 Å². The maximum atomic E-state index is 12.8. The van der Waals surface area contributed by atoms with E-state index in [-0.39, 0.29) is 24.1 Å². The molecule has 25 heavy (non-hydrogen) atoms. The van der Waals surface area contributed by atoms with Gasteiger partial charge < -0.3 is 5.32 Å². The van der Waals surface area contributed by atoms with E-state index in [2.05, 4.69) is 17.2 Å². The second kappa shape index (κ2) is 8.13. The van der Waals surface area contributed by atoms with E-state index in [4.69, 9.17) is 0 Å². The van der Waals surface area contributed by atoms with Gasteiger partial charge in [0.15, 0.2) is 0 Å². The summed E-state index contributed by atoms with van der Waals surface area (Å²) in [6, 6.07) is 0.141. The number of carbonyl (C=O) groups excluding carboxylic acids is 1. The average Bonchev–Trinajstić information content (AvgIpc) is 3.15. The lowest BCUT2D eigenvalue weighted by molar-refractivity contribution is -0.122. The molecule has 3 rings (SSSR count). The molecule has 0 saturated heterocycles. The Morgan fingerprint density at radius 2 is 2.20 bits per heavy atom. The van der Waals surface area contributed by atoms with Crippen molar-refractivity contribution in [1.29, 1.82) is 0 Å². The van der Waals surface area contributed by atoms with E-state index in [0.29, 0.717) is 0 Å². The Balaban J connectivity index is 1.63. The van der Waals surface area contributed by atoms with Crippen LogP contribution in [0.5, 0.6) is 0 Å². The monoisotopic (exact) mass is 361 g/mol. The Hall–Kier alpha value is -1.69. The molecular weight excluding hydrogens is 334 g/mol. The highest BCUT2D eigenvalue weighted by atomic mass is 32.1. The lowest BCUT2D eigenvalue weighted by atomic mass is 10.1.